The Bertz CT molecular complexity index is 1360. The van der Waals surface area contributed by atoms with E-state index >= 15 is 0 Å². The van der Waals surface area contributed by atoms with Gasteiger partial charge in [0.05, 0.1) is 5.52 Å². The standard InChI is InChI=1S/C25H29N5O.C2HF3O2/c1-4-29(18-20-10-6-5-7-11-20)25(31)23-22-12-8-9-14-30(22)24(26-23)21-13-15-28(19-21)17-16-27(2)3;3-2(4,5)1(6)7/h5-15,19H,4,16-18H2,1-3H3;(H,6,7). The van der Waals surface area contributed by atoms with Crippen LogP contribution in [-0.4, -0.2) is 74.1 Å². The van der Waals surface area contributed by atoms with Gasteiger partial charge in [-0.2, -0.15) is 13.2 Å². The first-order chi connectivity index (χ1) is 18.0. The Morgan fingerprint density at radius 3 is 2.26 bits per heavy atom. The van der Waals surface area contributed by atoms with E-state index in [2.05, 4.69) is 42.0 Å². The summed E-state index contributed by atoms with van der Waals surface area (Å²) in [5, 5.41) is 7.12. The van der Waals surface area contributed by atoms with Gasteiger partial charge in [0.1, 0.15) is 5.82 Å². The Morgan fingerprint density at radius 2 is 1.66 bits per heavy atom. The SMILES string of the molecule is CCN(Cc1ccccc1)C(=O)c1nc(-c2ccn(CCN(C)C)c2)n2ccccc12.O=C(O)C(F)(F)F. The molecular formula is C27H30F3N5O3. The van der Waals surface area contributed by atoms with E-state index in [4.69, 9.17) is 14.9 Å². The first-order valence-corrected chi connectivity index (χ1v) is 11.9. The van der Waals surface area contributed by atoms with E-state index in [1.54, 1.807) is 0 Å². The Kier molecular flexibility index (Phi) is 9.30. The van der Waals surface area contributed by atoms with Gasteiger partial charge in [-0.3, -0.25) is 9.20 Å². The van der Waals surface area contributed by atoms with Gasteiger partial charge < -0.3 is 19.5 Å². The van der Waals surface area contributed by atoms with Crippen molar-refractivity contribution in [3.05, 3.63) is 84.4 Å². The smallest absolute Gasteiger partial charge is 0.475 e. The summed E-state index contributed by atoms with van der Waals surface area (Å²) in [5.74, 6) is -2.01. The first kappa shape index (κ1) is 28.5. The molecule has 0 aliphatic heterocycles. The molecule has 0 radical (unpaired) electrons. The summed E-state index contributed by atoms with van der Waals surface area (Å²) in [6, 6.07) is 18.0. The van der Waals surface area contributed by atoms with Gasteiger partial charge in [-0.1, -0.05) is 36.4 Å². The molecule has 0 aliphatic rings. The minimum Gasteiger partial charge on any atom is -0.475 e. The fourth-order valence-corrected chi connectivity index (χ4v) is 3.71. The number of imidazole rings is 1. The van der Waals surface area contributed by atoms with Crippen molar-refractivity contribution in [3.8, 4) is 11.4 Å². The van der Waals surface area contributed by atoms with Gasteiger partial charge in [-0.25, -0.2) is 9.78 Å². The number of carbonyl (C=O) groups is 2. The second kappa shape index (κ2) is 12.4. The molecule has 0 saturated heterocycles. The Balaban J connectivity index is 0.000000505. The maximum absolute atomic E-state index is 13.5. The highest BCUT2D eigenvalue weighted by atomic mass is 19.4. The number of aromatic nitrogens is 3. The van der Waals surface area contributed by atoms with Crippen LogP contribution in [-0.2, 0) is 17.9 Å². The number of likely N-dealkylation sites (N-methyl/N-ethyl adjacent to an activating group) is 1. The van der Waals surface area contributed by atoms with Crippen LogP contribution in [0.4, 0.5) is 13.2 Å². The molecular weight excluding hydrogens is 499 g/mol. The molecule has 1 aromatic carbocycles. The molecule has 0 spiro atoms. The lowest BCUT2D eigenvalue weighted by Crippen LogP contribution is -2.30. The summed E-state index contributed by atoms with van der Waals surface area (Å²) in [5.41, 5.74) is 3.44. The number of benzene rings is 1. The van der Waals surface area contributed by atoms with Gasteiger partial charge in [0.25, 0.3) is 5.91 Å². The monoisotopic (exact) mass is 529 g/mol. The third-order valence-electron chi connectivity index (χ3n) is 5.69. The second-order valence-corrected chi connectivity index (χ2v) is 8.79. The lowest BCUT2D eigenvalue weighted by atomic mass is 10.2. The van der Waals surface area contributed by atoms with E-state index in [1.165, 1.54) is 0 Å². The molecule has 0 bridgehead atoms. The first-order valence-electron chi connectivity index (χ1n) is 11.9. The molecule has 8 nitrogen and oxygen atoms in total. The van der Waals surface area contributed by atoms with Crippen LogP contribution in [0.5, 0.6) is 0 Å². The summed E-state index contributed by atoms with van der Waals surface area (Å²) >= 11 is 0. The molecule has 0 aliphatic carbocycles. The molecule has 38 heavy (non-hydrogen) atoms. The third-order valence-corrected chi connectivity index (χ3v) is 5.69. The quantitative estimate of drug-likeness (QED) is 0.359. The van der Waals surface area contributed by atoms with Crippen LogP contribution < -0.4 is 0 Å². The molecule has 1 amide bonds. The van der Waals surface area contributed by atoms with Crippen LogP contribution >= 0.6 is 0 Å². The van der Waals surface area contributed by atoms with Gasteiger partial charge >= 0.3 is 12.1 Å². The number of aliphatic carboxylic acids is 1. The Hall–Kier alpha value is -4.12. The van der Waals surface area contributed by atoms with Gasteiger partial charge in [0, 0.05) is 50.3 Å². The van der Waals surface area contributed by atoms with Gasteiger partial charge in [-0.05, 0) is 44.8 Å². The van der Waals surface area contributed by atoms with Crippen molar-refractivity contribution in [3.63, 3.8) is 0 Å². The predicted molar refractivity (Wildman–Crippen MR) is 138 cm³/mol. The predicted octanol–water partition coefficient (Wildman–Crippen LogP) is 4.66. The maximum Gasteiger partial charge on any atom is 0.490 e. The lowest BCUT2D eigenvalue weighted by Gasteiger charge is -2.20. The number of carboxylic acid groups (broad SMARTS) is 1. The zero-order valence-electron chi connectivity index (χ0n) is 21.4. The summed E-state index contributed by atoms with van der Waals surface area (Å²) in [6.07, 6.45) is 1.05. The minimum atomic E-state index is -5.08. The number of pyridine rings is 1. The number of hydrogen-bond acceptors (Lipinski definition) is 4. The molecule has 1 N–H and O–H groups in total. The number of carboxylic acids is 1. The van der Waals surface area contributed by atoms with E-state index in [9.17, 15) is 18.0 Å². The van der Waals surface area contributed by atoms with E-state index in [0.717, 1.165) is 35.6 Å². The van der Waals surface area contributed by atoms with Gasteiger partial charge in [0.15, 0.2) is 5.69 Å². The van der Waals surface area contributed by atoms with E-state index < -0.39 is 12.1 Å². The van der Waals surface area contributed by atoms with Gasteiger partial charge in [0.2, 0.25) is 0 Å². The number of halogens is 3. The van der Waals surface area contributed by atoms with Crippen molar-refractivity contribution in [1.82, 2.24) is 23.8 Å². The van der Waals surface area contributed by atoms with Crippen molar-refractivity contribution in [2.24, 2.45) is 0 Å². The highest BCUT2D eigenvalue weighted by Crippen LogP contribution is 2.24. The van der Waals surface area contributed by atoms with E-state index in [-0.39, 0.29) is 5.91 Å². The number of alkyl halides is 3. The van der Waals surface area contributed by atoms with Crippen LogP contribution in [0.25, 0.3) is 16.9 Å². The molecule has 0 saturated carbocycles. The summed E-state index contributed by atoms with van der Waals surface area (Å²) in [4.78, 5) is 31.2. The average Bonchev–Trinajstić information content (AvgIpc) is 3.51. The lowest BCUT2D eigenvalue weighted by molar-refractivity contribution is -0.192. The normalized spacial score (nSPS) is 11.3. The molecule has 0 fully saturated rings. The number of nitrogens with zero attached hydrogens (tertiary/aromatic N) is 5. The van der Waals surface area contributed by atoms with E-state index in [1.807, 2.05) is 71.0 Å². The number of amides is 1. The third kappa shape index (κ3) is 7.22. The number of rotatable bonds is 8. The maximum atomic E-state index is 13.5. The topological polar surface area (TPSA) is 83.1 Å². The molecule has 3 heterocycles. The highest BCUT2D eigenvalue weighted by Gasteiger charge is 2.38. The Labute approximate surface area is 218 Å². The summed E-state index contributed by atoms with van der Waals surface area (Å²) < 4.78 is 35.9. The van der Waals surface area contributed by atoms with Crippen LogP contribution in [0.1, 0.15) is 23.0 Å². The zero-order valence-corrected chi connectivity index (χ0v) is 21.4. The van der Waals surface area contributed by atoms with Crippen LogP contribution in [0.2, 0.25) is 0 Å². The van der Waals surface area contributed by atoms with Gasteiger partial charge in [-0.15, -0.1) is 0 Å². The minimum absolute atomic E-state index is 0.0478. The largest absolute Gasteiger partial charge is 0.490 e. The number of hydrogen-bond donors (Lipinski definition) is 1. The van der Waals surface area contributed by atoms with Crippen LogP contribution in [0.3, 0.4) is 0 Å². The average molecular weight is 530 g/mol. The van der Waals surface area contributed by atoms with Crippen LogP contribution in [0.15, 0.2) is 73.2 Å². The number of carbonyl (C=O) groups excluding carboxylic acids is 1. The van der Waals surface area contributed by atoms with E-state index in [0.29, 0.717) is 18.8 Å². The molecule has 4 rings (SSSR count). The van der Waals surface area contributed by atoms with Crippen molar-refractivity contribution in [2.75, 3.05) is 27.2 Å². The van der Waals surface area contributed by atoms with Crippen LogP contribution in [0, 0.1) is 0 Å². The number of fused-ring (bicyclic) bond motifs is 1. The molecule has 0 unspecified atom stereocenters. The highest BCUT2D eigenvalue weighted by molar-refractivity contribution is 6.00. The summed E-state index contributed by atoms with van der Waals surface area (Å²) in [6.45, 7) is 5.06. The molecule has 4 aromatic rings. The summed E-state index contributed by atoms with van der Waals surface area (Å²) in [7, 11) is 4.14. The molecule has 0 atom stereocenters. The fourth-order valence-electron chi connectivity index (χ4n) is 3.71. The van der Waals surface area contributed by atoms with Crippen molar-refractivity contribution >= 4 is 17.4 Å². The zero-order chi connectivity index (χ0) is 27.9. The van der Waals surface area contributed by atoms with Crippen molar-refractivity contribution in [2.45, 2.75) is 26.2 Å². The molecule has 11 heteroatoms. The molecule has 3 aromatic heterocycles. The second-order valence-electron chi connectivity index (χ2n) is 8.79. The van der Waals surface area contributed by atoms with Crippen molar-refractivity contribution in [1.29, 1.82) is 0 Å². The fraction of sp³-hybridized carbons (Fsp3) is 0.296. The molecule has 202 valence electrons. The van der Waals surface area contributed by atoms with Crippen molar-refractivity contribution < 1.29 is 27.9 Å². The Morgan fingerprint density at radius 1 is 1.00 bits per heavy atom.